The van der Waals surface area contributed by atoms with Gasteiger partial charge in [-0.1, -0.05) is 52.3 Å². The van der Waals surface area contributed by atoms with Crippen molar-refractivity contribution in [2.75, 3.05) is 6.61 Å². The number of aryl methyl sites for hydroxylation is 1. The molecule has 3 aromatic rings. The van der Waals surface area contributed by atoms with E-state index in [0.717, 1.165) is 4.47 Å². The van der Waals surface area contributed by atoms with Gasteiger partial charge in [-0.25, -0.2) is 4.79 Å². The molecule has 0 N–H and O–H groups in total. The normalized spacial score (nSPS) is 10.3. The minimum atomic E-state index is -0.514. The van der Waals surface area contributed by atoms with Gasteiger partial charge in [-0.05, 0) is 48.9 Å². The van der Waals surface area contributed by atoms with Gasteiger partial charge in [0.1, 0.15) is 11.5 Å². The van der Waals surface area contributed by atoms with Gasteiger partial charge in [0, 0.05) is 15.6 Å². The smallest absolute Gasteiger partial charge is 0.349 e. The summed E-state index contributed by atoms with van der Waals surface area (Å²) in [6.07, 6.45) is 0. The van der Waals surface area contributed by atoms with Crippen molar-refractivity contribution in [1.29, 1.82) is 0 Å². The molecule has 0 aliphatic heterocycles. The van der Waals surface area contributed by atoms with Crippen molar-refractivity contribution in [1.82, 2.24) is 0 Å². The van der Waals surface area contributed by atoms with Crippen molar-refractivity contribution in [3.63, 3.8) is 0 Å². The number of rotatable bonds is 6. The number of hydrogen-bond acceptors (Lipinski definition) is 4. The highest BCUT2D eigenvalue weighted by Crippen LogP contribution is 2.22. The fourth-order valence-corrected chi connectivity index (χ4v) is 2.89. The molecule has 0 atom stereocenters. The summed E-state index contributed by atoms with van der Waals surface area (Å²) in [5.74, 6) is 0.388. The first-order valence-corrected chi connectivity index (χ1v) is 9.11. The molecular weight excluding hydrogens is 408 g/mol. The summed E-state index contributed by atoms with van der Waals surface area (Å²) in [7, 11) is 0. The molecule has 27 heavy (non-hydrogen) atoms. The van der Waals surface area contributed by atoms with Crippen LogP contribution in [0.2, 0.25) is 0 Å². The lowest BCUT2D eigenvalue weighted by Crippen LogP contribution is -2.18. The van der Waals surface area contributed by atoms with Gasteiger partial charge < -0.3 is 9.47 Å². The molecule has 0 amide bonds. The summed E-state index contributed by atoms with van der Waals surface area (Å²) in [6.45, 7) is 1.58. The van der Waals surface area contributed by atoms with E-state index in [1.807, 2.05) is 30.3 Å². The summed E-state index contributed by atoms with van der Waals surface area (Å²) < 4.78 is 11.6. The number of halogens is 1. The first kappa shape index (κ1) is 18.9. The monoisotopic (exact) mass is 424 g/mol. The van der Waals surface area contributed by atoms with Gasteiger partial charge in [0.25, 0.3) is 0 Å². The molecule has 0 aliphatic rings. The van der Waals surface area contributed by atoms with Crippen molar-refractivity contribution in [3.05, 3.63) is 94.0 Å². The minimum absolute atomic E-state index is 0.0745. The first-order valence-electron chi connectivity index (χ1n) is 8.32. The van der Waals surface area contributed by atoms with E-state index in [1.165, 1.54) is 0 Å². The lowest BCUT2D eigenvalue weighted by Gasteiger charge is -2.10. The van der Waals surface area contributed by atoms with Crippen molar-refractivity contribution in [3.8, 4) is 11.5 Å². The minimum Gasteiger partial charge on any atom is -0.482 e. The second-order valence-electron chi connectivity index (χ2n) is 5.90. The molecule has 4 nitrogen and oxygen atoms in total. The van der Waals surface area contributed by atoms with Crippen LogP contribution in [-0.2, 0) is 4.79 Å². The van der Waals surface area contributed by atoms with Crippen molar-refractivity contribution in [2.45, 2.75) is 6.92 Å². The molecule has 0 bridgehead atoms. The Bertz CT molecular complexity index is 967. The molecule has 0 fully saturated rings. The van der Waals surface area contributed by atoms with Crippen LogP contribution in [0.4, 0.5) is 0 Å². The van der Waals surface area contributed by atoms with Gasteiger partial charge in [-0.15, -0.1) is 0 Å². The second-order valence-corrected chi connectivity index (χ2v) is 6.81. The molecule has 0 unspecified atom stereocenters. The standard InChI is InChI=1S/C22H17BrO4/c1-15-12-17(22(25)16-6-3-2-4-7-16)10-11-20(15)27-21(24)14-26-19-9-5-8-18(23)13-19/h2-13H,14H2,1H3. The number of esters is 1. The van der Waals surface area contributed by atoms with Gasteiger partial charge in [0.2, 0.25) is 0 Å². The Kier molecular flexibility index (Phi) is 6.04. The molecular formula is C22H17BrO4. The molecule has 3 rings (SSSR count). The maximum Gasteiger partial charge on any atom is 0.349 e. The summed E-state index contributed by atoms with van der Waals surface area (Å²) in [5.41, 5.74) is 1.86. The Morgan fingerprint density at radius 3 is 2.37 bits per heavy atom. The lowest BCUT2D eigenvalue weighted by atomic mass is 10.0. The van der Waals surface area contributed by atoms with E-state index in [9.17, 15) is 9.59 Å². The number of ketones is 1. The average molecular weight is 425 g/mol. The van der Waals surface area contributed by atoms with E-state index in [4.69, 9.17) is 9.47 Å². The van der Waals surface area contributed by atoms with Crippen molar-refractivity contribution >= 4 is 27.7 Å². The molecule has 0 radical (unpaired) electrons. The maximum atomic E-state index is 12.5. The van der Waals surface area contributed by atoms with Crippen LogP contribution < -0.4 is 9.47 Å². The van der Waals surface area contributed by atoms with E-state index in [1.54, 1.807) is 49.4 Å². The molecule has 0 spiro atoms. The lowest BCUT2D eigenvalue weighted by molar-refractivity contribution is -0.136. The van der Waals surface area contributed by atoms with Gasteiger partial charge in [0.05, 0.1) is 0 Å². The van der Waals surface area contributed by atoms with Crippen LogP contribution in [0, 0.1) is 6.92 Å². The Morgan fingerprint density at radius 1 is 0.889 bits per heavy atom. The Balaban J connectivity index is 1.63. The fourth-order valence-electron chi connectivity index (χ4n) is 2.51. The Hall–Kier alpha value is -2.92. The van der Waals surface area contributed by atoms with Crippen LogP contribution >= 0.6 is 15.9 Å². The van der Waals surface area contributed by atoms with Crippen LogP contribution in [-0.4, -0.2) is 18.4 Å². The zero-order valence-corrected chi connectivity index (χ0v) is 16.2. The van der Waals surface area contributed by atoms with Crippen molar-refractivity contribution in [2.24, 2.45) is 0 Å². The van der Waals surface area contributed by atoms with E-state index < -0.39 is 5.97 Å². The van der Waals surface area contributed by atoms with Crippen molar-refractivity contribution < 1.29 is 19.1 Å². The highest BCUT2D eigenvalue weighted by Gasteiger charge is 2.13. The van der Waals surface area contributed by atoms with Crippen LogP contribution in [0.25, 0.3) is 0 Å². The Morgan fingerprint density at radius 2 is 1.67 bits per heavy atom. The van der Waals surface area contributed by atoms with Gasteiger partial charge in [-0.2, -0.15) is 0 Å². The van der Waals surface area contributed by atoms with Gasteiger partial charge in [-0.3, -0.25) is 4.79 Å². The molecule has 0 aromatic heterocycles. The number of carbonyl (C=O) groups excluding carboxylic acids is 2. The molecule has 136 valence electrons. The summed E-state index contributed by atoms with van der Waals surface area (Å²) in [5, 5.41) is 0. The predicted molar refractivity (Wildman–Crippen MR) is 106 cm³/mol. The molecule has 5 heteroatoms. The highest BCUT2D eigenvalue weighted by atomic mass is 79.9. The van der Waals surface area contributed by atoms with Crippen LogP contribution in [0.1, 0.15) is 21.5 Å². The number of hydrogen-bond donors (Lipinski definition) is 0. The van der Waals surface area contributed by atoms with E-state index in [2.05, 4.69) is 15.9 Å². The van der Waals surface area contributed by atoms with Crippen LogP contribution in [0.3, 0.4) is 0 Å². The van der Waals surface area contributed by atoms with Crippen LogP contribution in [0.5, 0.6) is 11.5 Å². The fraction of sp³-hybridized carbons (Fsp3) is 0.0909. The van der Waals surface area contributed by atoms with E-state index in [-0.39, 0.29) is 12.4 Å². The predicted octanol–water partition coefficient (Wildman–Crippen LogP) is 4.97. The number of benzene rings is 3. The summed E-state index contributed by atoms with van der Waals surface area (Å²) in [4.78, 5) is 24.5. The topological polar surface area (TPSA) is 52.6 Å². The van der Waals surface area contributed by atoms with Gasteiger partial charge >= 0.3 is 5.97 Å². The highest BCUT2D eigenvalue weighted by molar-refractivity contribution is 9.10. The largest absolute Gasteiger partial charge is 0.482 e. The molecule has 0 heterocycles. The van der Waals surface area contributed by atoms with E-state index in [0.29, 0.717) is 28.2 Å². The third-order valence-corrected chi connectivity index (χ3v) is 4.34. The molecule has 0 saturated heterocycles. The molecule has 3 aromatic carbocycles. The zero-order valence-electron chi connectivity index (χ0n) is 14.6. The third kappa shape index (κ3) is 5.05. The Labute approximate surface area is 165 Å². The molecule has 0 aliphatic carbocycles. The van der Waals surface area contributed by atoms with Crippen LogP contribution in [0.15, 0.2) is 77.3 Å². The summed E-state index contributed by atoms with van der Waals surface area (Å²) in [6, 6.07) is 21.2. The average Bonchev–Trinajstić information content (AvgIpc) is 2.68. The van der Waals surface area contributed by atoms with E-state index >= 15 is 0 Å². The number of ether oxygens (including phenoxy) is 2. The molecule has 0 saturated carbocycles. The third-order valence-electron chi connectivity index (χ3n) is 3.85. The van der Waals surface area contributed by atoms with Gasteiger partial charge in [0.15, 0.2) is 12.4 Å². The number of carbonyl (C=O) groups is 2. The summed E-state index contributed by atoms with van der Waals surface area (Å²) >= 11 is 3.34. The quantitative estimate of drug-likeness (QED) is 0.318. The SMILES string of the molecule is Cc1cc(C(=O)c2ccccc2)ccc1OC(=O)COc1cccc(Br)c1. The maximum absolute atomic E-state index is 12.5. The second kappa shape index (κ2) is 8.64. The first-order chi connectivity index (χ1) is 13.0. The zero-order chi connectivity index (χ0) is 19.2.